The Kier molecular flexibility index (Phi) is 6.10. The largest absolute Gasteiger partial charge is 0.481 e. The summed E-state index contributed by atoms with van der Waals surface area (Å²) in [5.41, 5.74) is 2.05. The van der Waals surface area contributed by atoms with E-state index in [0.29, 0.717) is 12.8 Å². The lowest BCUT2D eigenvalue weighted by atomic mass is 9.88. The Bertz CT molecular complexity index is 634. The summed E-state index contributed by atoms with van der Waals surface area (Å²) in [7, 11) is 0. The minimum absolute atomic E-state index is 0.0113. The van der Waals surface area contributed by atoms with Crippen LogP contribution in [0.5, 0.6) is 0 Å². The lowest BCUT2D eigenvalue weighted by molar-refractivity contribution is -0.144. The van der Waals surface area contributed by atoms with Crippen LogP contribution in [-0.2, 0) is 22.4 Å². The van der Waals surface area contributed by atoms with Gasteiger partial charge in [-0.15, -0.1) is 0 Å². The molecule has 0 radical (unpaired) electrons. The lowest BCUT2D eigenvalue weighted by Gasteiger charge is -2.15. The van der Waals surface area contributed by atoms with E-state index in [-0.39, 0.29) is 18.1 Å². The van der Waals surface area contributed by atoms with Crippen LogP contribution in [-0.4, -0.2) is 16.9 Å². The number of carbonyl (C=O) groups excluding carboxylic acids is 1. The fourth-order valence-electron chi connectivity index (χ4n) is 2.67. The second kappa shape index (κ2) is 8.28. The molecule has 2 aromatic carbocycles. The molecule has 0 unspecified atom stereocenters. The Labute approximate surface area is 137 Å². The number of benzene rings is 2. The molecule has 0 aliphatic rings. The molecule has 0 heterocycles. The van der Waals surface area contributed by atoms with Crippen molar-refractivity contribution in [2.45, 2.75) is 26.2 Å². The maximum Gasteiger partial charge on any atom is 0.307 e. The number of carboxylic acid groups (broad SMARTS) is 1. The molecule has 3 heteroatoms. The van der Waals surface area contributed by atoms with Gasteiger partial charge in [0, 0.05) is 12.3 Å². The summed E-state index contributed by atoms with van der Waals surface area (Å²) in [6.45, 7) is 1.87. The molecular weight excluding hydrogens is 288 g/mol. The summed E-state index contributed by atoms with van der Waals surface area (Å²) in [5.74, 6) is -1.73. The first-order chi connectivity index (χ1) is 11.1. The van der Waals surface area contributed by atoms with E-state index in [2.05, 4.69) is 0 Å². The summed E-state index contributed by atoms with van der Waals surface area (Å²) in [4.78, 5) is 23.9. The molecule has 2 rings (SSSR count). The second-order valence-electron chi connectivity index (χ2n) is 5.99. The lowest BCUT2D eigenvalue weighted by Crippen LogP contribution is -2.24. The van der Waals surface area contributed by atoms with Crippen molar-refractivity contribution in [1.82, 2.24) is 0 Å². The van der Waals surface area contributed by atoms with E-state index in [4.69, 9.17) is 0 Å². The molecule has 2 aromatic rings. The van der Waals surface area contributed by atoms with Crippen molar-refractivity contribution in [3.63, 3.8) is 0 Å². The van der Waals surface area contributed by atoms with Gasteiger partial charge in [-0.1, -0.05) is 67.6 Å². The van der Waals surface area contributed by atoms with Gasteiger partial charge in [0.2, 0.25) is 0 Å². The van der Waals surface area contributed by atoms with Gasteiger partial charge in [0.05, 0.1) is 5.92 Å². The Morgan fingerprint density at radius 3 is 1.83 bits per heavy atom. The third-order valence-corrected chi connectivity index (χ3v) is 4.06. The molecule has 0 aliphatic carbocycles. The van der Waals surface area contributed by atoms with Crippen molar-refractivity contribution in [2.75, 3.05) is 0 Å². The highest BCUT2D eigenvalue weighted by atomic mass is 16.4. The molecule has 0 aromatic heterocycles. The molecule has 0 fully saturated rings. The normalized spacial score (nSPS) is 13.3. The summed E-state index contributed by atoms with van der Waals surface area (Å²) in [6.07, 6.45) is 1.12. The van der Waals surface area contributed by atoms with Crippen molar-refractivity contribution in [3.05, 3.63) is 71.8 Å². The average molecular weight is 310 g/mol. The van der Waals surface area contributed by atoms with Crippen LogP contribution < -0.4 is 0 Å². The van der Waals surface area contributed by atoms with Crippen LogP contribution in [0, 0.1) is 11.8 Å². The van der Waals surface area contributed by atoms with Gasteiger partial charge in [-0.3, -0.25) is 9.59 Å². The molecule has 0 saturated heterocycles. The highest BCUT2D eigenvalue weighted by Crippen LogP contribution is 2.18. The molecule has 0 saturated carbocycles. The maximum absolute atomic E-state index is 12.4. The fourth-order valence-corrected chi connectivity index (χ4v) is 2.67. The summed E-state index contributed by atoms with van der Waals surface area (Å²) in [6, 6.07) is 19.3. The Morgan fingerprint density at radius 2 is 1.35 bits per heavy atom. The zero-order chi connectivity index (χ0) is 16.7. The second-order valence-corrected chi connectivity index (χ2v) is 5.99. The van der Waals surface area contributed by atoms with Crippen molar-refractivity contribution in [3.8, 4) is 0 Å². The molecule has 3 nitrogen and oxygen atoms in total. The number of carbonyl (C=O) groups is 2. The third-order valence-electron chi connectivity index (χ3n) is 4.06. The van der Waals surface area contributed by atoms with Crippen LogP contribution >= 0.6 is 0 Å². The molecule has 0 amide bonds. The van der Waals surface area contributed by atoms with E-state index in [9.17, 15) is 14.7 Å². The number of ketones is 1. The molecule has 23 heavy (non-hydrogen) atoms. The zero-order valence-electron chi connectivity index (χ0n) is 13.3. The van der Waals surface area contributed by atoms with Gasteiger partial charge in [-0.05, 0) is 24.0 Å². The van der Waals surface area contributed by atoms with E-state index in [1.165, 1.54) is 0 Å². The minimum atomic E-state index is -0.908. The van der Waals surface area contributed by atoms with Crippen molar-refractivity contribution in [1.29, 1.82) is 0 Å². The molecule has 120 valence electrons. The van der Waals surface area contributed by atoms with Crippen LogP contribution in [0.25, 0.3) is 0 Å². The summed E-state index contributed by atoms with van der Waals surface area (Å²) < 4.78 is 0. The molecule has 2 atom stereocenters. The van der Waals surface area contributed by atoms with Crippen LogP contribution in [0.15, 0.2) is 60.7 Å². The predicted octanol–water partition coefficient (Wildman–Crippen LogP) is 3.77. The quantitative estimate of drug-likeness (QED) is 0.807. The monoisotopic (exact) mass is 310 g/mol. The van der Waals surface area contributed by atoms with Gasteiger partial charge in [0.1, 0.15) is 5.78 Å². The standard InChI is InChI=1S/C20H22O3/c1-15(12-16-8-4-2-5-9-16)19(21)14-18(20(22)23)13-17-10-6-3-7-11-17/h2-11,15,18H,12-14H2,1H3,(H,22,23)/t15-,18-/m1/s1. The average Bonchev–Trinajstić information content (AvgIpc) is 2.56. The van der Waals surface area contributed by atoms with E-state index in [1.807, 2.05) is 67.6 Å². The van der Waals surface area contributed by atoms with Crippen molar-refractivity contribution >= 4 is 11.8 Å². The zero-order valence-corrected chi connectivity index (χ0v) is 13.3. The first kappa shape index (κ1) is 16.9. The summed E-state index contributed by atoms with van der Waals surface area (Å²) >= 11 is 0. The van der Waals surface area contributed by atoms with Crippen LogP contribution in [0.3, 0.4) is 0 Å². The van der Waals surface area contributed by atoms with E-state index < -0.39 is 11.9 Å². The molecule has 0 spiro atoms. The van der Waals surface area contributed by atoms with E-state index >= 15 is 0 Å². The smallest absolute Gasteiger partial charge is 0.307 e. The van der Waals surface area contributed by atoms with Gasteiger partial charge >= 0.3 is 5.97 Å². The first-order valence-electron chi connectivity index (χ1n) is 7.89. The van der Waals surface area contributed by atoms with Gasteiger partial charge in [-0.25, -0.2) is 0 Å². The number of Topliss-reactive ketones (excluding diaryl/α,β-unsaturated/α-hetero) is 1. The molecule has 0 bridgehead atoms. The van der Waals surface area contributed by atoms with Crippen molar-refractivity contribution in [2.24, 2.45) is 11.8 Å². The molecule has 1 N–H and O–H groups in total. The molecular formula is C20H22O3. The van der Waals surface area contributed by atoms with Gasteiger partial charge in [-0.2, -0.15) is 0 Å². The minimum Gasteiger partial charge on any atom is -0.481 e. The number of hydrogen-bond donors (Lipinski definition) is 1. The predicted molar refractivity (Wildman–Crippen MR) is 90.2 cm³/mol. The Balaban J connectivity index is 1.96. The number of hydrogen-bond acceptors (Lipinski definition) is 2. The highest BCUT2D eigenvalue weighted by molar-refractivity contribution is 5.85. The highest BCUT2D eigenvalue weighted by Gasteiger charge is 2.24. The van der Waals surface area contributed by atoms with E-state index in [1.54, 1.807) is 0 Å². The Morgan fingerprint density at radius 1 is 0.870 bits per heavy atom. The van der Waals surface area contributed by atoms with Gasteiger partial charge in [0.25, 0.3) is 0 Å². The number of aliphatic carboxylic acids is 1. The number of carboxylic acids is 1. The van der Waals surface area contributed by atoms with E-state index in [0.717, 1.165) is 11.1 Å². The third kappa shape index (κ3) is 5.37. The van der Waals surface area contributed by atoms with Crippen molar-refractivity contribution < 1.29 is 14.7 Å². The topological polar surface area (TPSA) is 54.4 Å². The Hall–Kier alpha value is -2.42. The maximum atomic E-state index is 12.4. The fraction of sp³-hybridized carbons (Fsp3) is 0.300. The first-order valence-corrected chi connectivity index (χ1v) is 7.89. The van der Waals surface area contributed by atoms with Crippen LogP contribution in [0.4, 0.5) is 0 Å². The SMILES string of the molecule is C[C@H](Cc1ccccc1)C(=O)C[C@@H](Cc1ccccc1)C(=O)O. The van der Waals surface area contributed by atoms with Crippen LogP contribution in [0.1, 0.15) is 24.5 Å². The van der Waals surface area contributed by atoms with Crippen LogP contribution in [0.2, 0.25) is 0 Å². The van der Waals surface area contributed by atoms with Gasteiger partial charge < -0.3 is 5.11 Å². The van der Waals surface area contributed by atoms with Gasteiger partial charge in [0.15, 0.2) is 0 Å². The number of rotatable bonds is 8. The molecule has 0 aliphatic heterocycles. The summed E-state index contributed by atoms with van der Waals surface area (Å²) in [5, 5.41) is 9.40.